The highest BCUT2D eigenvalue weighted by Gasteiger charge is 2.10. The number of hydrogen-bond donors (Lipinski definition) is 0. The predicted molar refractivity (Wildman–Crippen MR) is 44.1 cm³/mol. The zero-order valence-electron chi connectivity index (χ0n) is 6.36. The summed E-state index contributed by atoms with van der Waals surface area (Å²) < 4.78 is 5.12. The first kappa shape index (κ1) is 9.44. The molecule has 0 aliphatic rings. The molecule has 0 aliphatic carbocycles. The minimum absolute atomic E-state index is 0.338. The van der Waals surface area contributed by atoms with E-state index in [1.165, 1.54) is 12.8 Å². The molecule has 9 heavy (non-hydrogen) atoms. The van der Waals surface area contributed by atoms with E-state index in [9.17, 15) is 0 Å². The Morgan fingerprint density at radius 3 is 2.44 bits per heavy atom. The lowest BCUT2D eigenvalue weighted by Crippen LogP contribution is -2.18. The summed E-state index contributed by atoms with van der Waals surface area (Å²) >= 11 is 3.54. The van der Waals surface area contributed by atoms with E-state index in [2.05, 4.69) is 29.8 Å². The number of methoxy groups -OCH3 is 1. The van der Waals surface area contributed by atoms with Crippen LogP contribution in [0.1, 0.15) is 26.7 Å². The summed E-state index contributed by atoms with van der Waals surface area (Å²) in [6.45, 7) is 4.26. The van der Waals surface area contributed by atoms with Crippen molar-refractivity contribution in [3.63, 3.8) is 0 Å². The van der Waals surface area contributed by atoms with Gasteiger partial charge in [-0.1, -0.05) is 29.3 Å². The van der Waals surface area contributed by atoms with E-state index in [1.807, 2.05) is 0 Å². The van der Waals surface area contributed by atoms with Gasteiger partial charge in [0.1, 0.15) is 0 Å². The summed E-state index contributed by atoms with van der Waals surface area (Å²) in [4.78, 5) is 0.521. The van der Waals surface area contributed by atoms with Gasteiger partial charge < -0.3 is 4.74 Å². The number of ether oxygens (including phenoxy) is 1. The molecule has 0 aliphatic heterocycles. The zero-order chi connectivity index (χ0) is 7.28. The molecule has 0 N–H and O–H groups in total. The van der Waals surface area contributed by atoms with Crippen LogP contribution in [-0.4, -0.2) is 18.0 Å². The van der Waals surface area contributed by atoms with Gasteiger partial charge in [-0.05, 0) is 13.3 Å². The quantitative estimate of drug-likeness (QED) is 0.626. The Bertz CT molecular complexity index is 65.9. The van der Waals surface area contributed by atoms with Crippen molar-refractivity contribution in [1.82, 2.24) is 0 Å². The lowest BCUT2D eigenvalue weighted by Gasteiger charge is -2.14. The van der Waals surface area contributed by atoms with Crippen LogP contribution in [0.25, 0.3) is 0 Å². The summed E-state index contributed by atoms with van der Waals surface area (Å²) in [5.41, 5.74) is 0. The normalized spacial score (nSPS) is 17.3. The molecule has 0 aromatic carbocycles. The Hall–Kier alpha value is 0.440. The lowest BCUT2D eigenvalue weighted by atomic mass is 10.2. The average molecular weight is 195 g/mol. The second-order valence-corrected chi connectivity index (χ2v) is 3.42. The molecule has 0 bridgehead atoms. The molecule has 0 fully saturated rings. The maximum atomic E-state index is 5.12. The predicted octanol–water partition coefficient (Wildman–Crippen LogP) is 2.58. The van der Waals surface area contributed by atoms with E-state index in [-0.39, 0.29) is 0 Å². The highest BCUT2D eigenvalue weighted by molar-refractivity contribution is 9.09. The van der Waals surface area contributed by atoms with E-state index >= 15 is 0 Å². The molecule has 0 aromatic heterocycles. The first-order chi connectivity index (χ1) is 4.22. The molecule has 0 saturated heterocycles. The van der Waals surface area contributed by atoms with Crippen molar-refractivity contribution in [1.29, 1.82) is 0 Å². The fourth-order valence-corrected chi connectivity index (χ4v) is 1.33. The van der Waals surface area contributed by atoms with E-state index < -0.39 is 0 Å². The fraction of sp³-hybridized carbons (Fsp3) is 1.00. The maximum absolute atomic E-state index is 5.12. The van der Waals surface area contributed by atoms with Crippen LogP contribution < -0.4 is 0 Å². The summed E-state index contributed by atoms with van der Waals surface area (Å²) in [7, 11) is 1.74. The Labute approximate surface area is 65.9 Å². The molecule has 0 rings (SSSR count). The third-order valence-corrected chi connectivity index (χ3v) is 2.65. The van der Waals surface area contributed by atoms with Gasteiger partial charge in [0.05, 0.1) is 6.10 Å². The van der Waals surface area contributed by atoms with E-state index in [0.29, 0.717) is 10.9 Å². The van der Waals surface area contributed by atoms with Gasteiger partial charge >= 0.3 is 0 Å². The minimum atomic E-state index is 0.338. The second-order valence-electron chi connectivity index (χ2n) is 2.25. The zero-order valence-corrected chi connectivity index (χ0v) is 7.94. The molecule has 2 atom stereocenters. The van der Waals surface area contributed by atoms with Crippen molar-refractivity contribution in [2.24, 2.45) is 0 Å². The van der Waals surface area contributed by atoms with Crippen molar-refractivity contribution in [2.45, 2.75) is 37.6 Å². The summed E-state index contributed by atoms with van der Waals surface area (Å²) in [5.74, 6) is 0. The van der Waals surface area contributed by atoms with E-state index in [4.69, 9.17) is 4.74 Å². The fourth-order valence-electron chi connectivity index (χ4n) is 0.658. The summed E-state index contributed by atoms with van der Waals surface area (Å²) in [6, 6.07) is 0. The van der Waals surface area contributed by atoms with Gasteiger partial charge in [-0.2, -0.15) is 0 Å². The van der Waals surface area contributed by atoms with Crippen LogP contribution in [0.2, 0.25) is 0 Å². The van der Waals surface area contributed by atoms with Crippen LogP contribution in [0.4, 0.5) is 0 Å². The molecule has 2 heteroatoms. The molecule has 0 radical (unpaired) electrons. The molecule has 0 heterocycles. The van der Waals surface area contributed by atoms with Crippen LogP contribution in [-0.2, 0) is 4.74 Å². The molecule has 56 valence electrons. The van der Waals surface area contributed by atoms with Crippen LogP contribution in [0, 0.1) is 0 Å². The molecule has 0 saturated carbocycles. The van der Waals surface area contributed by atoms with Gasteiger partial charge in [-0.15, -0.1) is 0 Å². The largest absolute Gasteiger partial charge is 0.381 e. The van der Waals surface area contributed by atoms with Crippen LogP contribution in [0.15, 0.2) is 0 Å². The number of hydrogen-bond acceptors (Lipinski definition) is 1. The van der Waals surface area contributed by atoms with Gasteiger partial charge in [-0.3, -0.25) is 0 Å². The van der Waals surface area contributed by atoms with Gasteiger partial charge in [-0.25, -0.2) is 0 Å². The highest BCUT2D eigenvalue weighted by Crippen LogP contribution is 2.13. The summed E-state index contributed by atoms with van der Waals surface area (Å²) in [6.07, 6.45) is 2.74. The SMILES string of the molecule is CCC[C@@H](Br)[C@@H](C)OC. The first-order valence-corrected chi connectivity index (χ1v) is 4.30. The maximum Gasteiger partial charge on any atom is 0.0668 e. The lowest BCUT2D eigenvalue weighted by molar-refractivity contribution is 0.115. The molecular formula is C7H15BrO. The van der Waals surface area contributed by atoms with Gasteiger partial charge in [0.25, 0.3) is 0 Å². The van der Waals surface area contributed by atoms with Gasteiger partial charge in [0, 0.05) is 11.9 Å². The van der Waals surface area contributed by atoms with Crippen molar-refractivity contribution in [2.75, 3.05) is 7.11 Å². The van der Waals surface area contributed by atoms with Crippen LogP contribution in [0.3, 0.4) is 0 Å². The molecule has 1 nitrogen and oxygen atoms in total. The van der Waals surface area contributed by atoms with Crippen LogP contribution >= 0.6 is 15.9 Å². The van der Waals surface area contributed by atoms with Crippen LogP contribution in [0.5, 0.6) is 0 Å². The first-order valence-electron chi connectivity index (χ1n) is 3.39. The third-order valence-electron chi connectivity index (χ3n) is 1.45. The molecule has 0 spiro atoms. The number of halogens is 1. The Kier molecular flexibility index (Phi) is 5.50. The Morgan fingerprint density at radius 1 is 1.56 bits per heavy atom. The molecular weight excluding hydrogens is 180 g/mol. The topological polar surface area (TPSA) is 9.23 Å². The van der Waals surface area contributed by atoms with E-state index in [0.717, 1.165) is 0 Å². The highest BCUT2D eigenvalue weighted by atomic mass is 79.9. The molecule has 0 amide bonds. The smallest absolute Gasteiger partial charge is 0.0668 e. The van der Waals surface area contributed by atoms with Crippen molar-refractivity contribution in [3.8, 4) is 0 Å². The second kappa shape index (κ2) is 5.24. The van der Waals surface area contributed by atoms with Gasteiger partial charge in [0.2, 0.25) is 0 Å². The monoisotopic (exact) mass is 194 g/mol. The summed E-state index contributed by atoms with van der Waals surface area (Å²) in [5, 5.41) is 0. The molecule has 0 unspecified atom stereocenters. The van der Waals surface area contributed by atoms with Gasteiger partial charge in [0.15, 0.2) is 0 Å². The number of rotatable bonds is 4. The van der Waals surface area contributed by atoms with Crippen molar-refractivity contribution < 1.29 is 4.74 Å². The number of alkyl halides is 1. The Morgan fingerprint density at radius 2 is 2.11 bits per heavy atom. The standard InChI is InChI=1S/C7H15BrO/c1-4-5-7(8)6(2)9-3/h6-7H,4-5H2,1-3H3/t6-,7-/m1/s1. The molecule has 0 aromatic rings. The average Bonchev–Trinajstić information content (AvgIpc) is 1.87. The third kappa shape index (κ3) is 3.93. The van der Waals surface area contributed by atoms with E-state index in [1.54, 1.807) is 7.11 Å². The Balaban J connectivity index is 3.32. The van der Waals surface area contributed by atoms with Crippen molar-refractivity contribution in [3.05, 3.63) is 0 Å². The van der Waals surface area contributed by atoms with Crippen molar-refractivity contribution >= 4 is 15.9 Å². The minimum Gasteiger partial charge on any atom is -0.381 e.